The largest absolute Gasteiger partial charge is 0.398 e. The van der Waals surface area contributed by atoms with Gasteiger partial charge in [-0.15, -0.1) is 0 Å². The summed E-state index contributed by atoms with van der Waals surface area (Å²) in [4.78, 5) is 0.121. The molecule has 0 fully saturated rings. The lowest BCUT2D eigenvalue weighted by molar-refractivity contribution is 0.522. The molecule has 0 spiro atoms. The van der Waals surface area contributed by atoms with Crippen molar-refractivity contribution in [3.63, 3.8) is 0 Å². The van der Waals surface area contributed by atoms with Crippen LogP contribution in [0.25, 0.3) is 0 Å². The Bertz CT molecular complexity index is 588. The molecule has 0 bridgehead atoms. The summed E-state index contributed by atoms with van der Waals surface area (Å²) in [7, 11) is -3.57. The Kier molecular flexibility index (Phi) is 4.18. The van der Waals surface area contributed by atoms with Gasteiger partial charge in [-0.3, -0.25) is 0 Å². The van der Waals surface area contributed by atoms with Gasteiger partial charge in [0.1, 0.15) is 0 Å². The van der Waals surface area contributed by atoms with Crippen molar-refractivity contribution in [3.8, 4) is 0 Å². The third-order valence-electron chi connectivity index (χ3n) is 3.26. The first kappa shape index (κ1) is 14.4. The molecule has 3 N–H and O–H groups in total. The van der Waals surface area contributed by atoms with E-state index in [0.717, 1.165) is 12.8 Å². The highest BCUT2D eigenvalue weighted by Gasteiger charge is 2.21. The van der Waals surface area contributed by atoms with Crippen LogP contribution in [0, 0.1) is 6.92 Å². The minimum atomic E-state index is -3.57. The number of rotatable bonds is 3. The number of nitrogens with one attached hydrogen (secondary N) is 1. The van der Waals surface area contributed by atoms with Gasteiger partial charge in [-0.1, -0.05) is 23.8 Å². The van der Waals surface area contributed by atoms with Crippen LogP contribution in [-0.4, -0.2) is 14.5 Å². The standard InChI is InChI=1S/C13H17ClN2O2S/c1-9-12(14)7-11(8-13(9)15)19(17,18)16-10-5-3-2-4-6-10/h2-3,7-8,10,16H,4-6,15H2,1H3. The van der Waals surface area contributed by atoms with E-state index >= 15 is 0 Å². The van der Waals surface area contributed by atoms with Crippen LogP contribution in [0.5, 0.6) is 0 Å². The van der Waals surface area contributed by atoms with Crippen LogP contribution in [0.3, 0.4) is 0 Å². The molecule has 19 heavy (non-hydrogen) atoms. The summed E-state index contributed by atoms with van der Waals surface area (Å²) < 4.78 is 27.2. The van der Waals surface area contributed by atoms with Gasteiger partial charge in [0.15, 0.2) is 0 Å². The molecule has 2 rings (SSSR count). The first-order valence-corrected chi connectivity index (χ1v) is 7.99. The van der Waals surface area contributed by atoms with Crippen molar-refractivity contribution < 1.29 is 8.42 Å². The topological polar surface area (TPSA) is 72.2 Å². The molecule has 0 amide bonds. The smallest absolute Gasteiger partial charge is 0.240 e. The number of hydrogen-bond donors (Lipinski definition) is 2. The summed E-state index contributed by atoms with van der Waals surface area (Å²) in [6.45, 7) is 1.76. The Hall–Kier alpha value is -1.04. The van der Waals surface area contributed by atoms with E-state index in [9.17, 15) is 8.42 Å². The SMILES string of the molecule is Cc1c(N)cc(S(=O)(=O)NC2CC=CCC2)cc1Cl. The van der Waals surface area contributed by atoms with E-state index < -0.39 is 10.0 Å². The lowest BCUT2D eigenvalue weighted by Gasteiger charge is -2.19. The molecule has 1 atom stereocenters. The van der Waals surface area contributed by atoms with Gasteiger partial charge in [-0.2, -0.15) is 0 Å². The van der Waals surface area contributed by atoms with Crippen molar-refractivity contribution in [1.29, 1.82) is 0 Å². The Balaban J connectivity index is 2.26. The average molecular weight is 301 g/mol. The molecule has 1 aliphatic rings. The number of nitrogens with two attached hydrogens (primary N) is 1. The highest BCUT2D eigenvalue weighted by Crippen LogP contribution is 2.26. The maximum Gasteiger partial charge on any atom is 0.240 e. The van der Waals surface area contributed by atoms with Gasteiger partial charge < -0.3 is 5.73 Å². The molecule has 0 aliphatic heterocycles. The van der Waals surface area contributed by atoms with Crippen molar-refractivity contribution in [2.75, 3.05) is 5.73 Å². The molecule has 0 radical (unpaired) electrons. The fourth-order valence-electron chi connectivity index (χ4n) is 2.02. The van der Waals surface area contributed by atoms with Crippen molar-refractivity contribution >= 4 is 27.3 Å². The Morgan fingerprint density at radius 2 is 2.11 bits per heavy atom. The number of halogens is 1. The van der Waals surface area contributed by atoms with E-state index in [1.54, 1.807) is 6.92 Å². The zero-order valence-corrected chi connectivity index (χ0v) is 12.3. The number of nitrogen functional groups attached to an aromatic ring is 1. The first-order valence-electron chi connectivity index (χ1n) is 6.13. The third kappa shape index (κ3) is 3.29. The number of allylic oxidation sites excluding steroid dienone is 1. The fraction of sp³-hybridized carbons (Fsp3) is 0.385. The second-order valence-corrected chi connectivity index (χ2v) is 6.84. The Morgan fingerprint density at radius 3 is 2.68 bits per heavy atom. The molecule has 0 saturated heterocycles. The number of hydrogen-bond acceptors (Lipinski definition) is 3. The molecule has 0 aromatic heterocycles. The minimum Gasteiger partial charge on any atom is -0.398 e. The molecule has 1 aromatic rings. The molecule has 1 aromatic carbocycles. The van der Waals surface area contributed by atoms with Crippen LogP contribution in [0.2, 0.25) is 5.02 Å². The van der Waals surface area contributed by atoms with E-state index in [-0.39, 0.29) is 10.9 Å². The van der Waals surface area contributed by atoms with Gasteiger partial charge in [0.2, 0.25) is 10.0 Å². The van der Waals surface area contributed by atoms with Crippen molar-refractivity contribution in [1.82, 2.24) is 4.72 Å². The highest BCUT2D eigenvalue weighted by molar-refractivity contribution is 7.89. The van der Waals surface area contributed by atoms with E-state index in [1.807, 2.05) is 6.08 Å². The van der Waals surface area contributed by atoms with Crippen LogP contribution >= 0.6 is 11.6 Å². The predicted octanol–water partition coefficient (Wildman–Crippen LogP) is 2.62. The van der Waals surface area contributed by atoms with E-state index in [1.165, 1.54) is 12.1 Å². The molecule has 0 heterocycles. The number of anilines is 1. The monoisotopic (exact) mass is 300 g/mol. The third-order valence-corrected chi connectivity index (χ3v) is 5.15. The molecule has 4 nitrogen and oxygen atoms in total. The zero-order chi connectivity index (χ0) is 14.0. The van der Waals surface area contributed by atoms with Crippen LogP contribution < -0.4 is 10.5 Å². The number of benzene rings is 1. The van der Waals surface area contributed by atoms with Crippen LogP contribution in [0.4, 0.5) is 5.69 Å². The maximum atomic E-state index is 12.3. The van der Waals surface area contributed by atoms with Gasteiger partial charge in [0, 0.05) is 16.8 Å². The highest BCUT2D eigenvalue weighted by atomic mass is 35.5. The average Bonchev–Trinajstić information content (AvgIpc) is 2.36. The summed E-state index contributed by atoms with van der Waals surface area (Å²) in [5, 5.41) is 0.365. The molecule has 104 valence electrons. The summed E-state index contributed by atoms with van der Waals surface area (Å²) in [6, 6.07) is 2.83. The molecular formula is C13H17ClN2O2S. The molecule has 0 saturated carbocycles. The van der Waals surface area contributed by atoms with Gasteiger partial charge in [-0.25, -0.2) is 13.1 Å². The second kappa shape index (κ2) is 5.53. The van der Waals surface area contributed by atoms with Crippen LogP contribution in [0.1, 0.15) is 24.8 Å². The second-order valence-electron chi connectivity index (χ2n) is 4.72. The van der Waals surface area contributed by atoms with Crippen LogP contribution in [-0.2, 0) is 10.0 Å². The quantitative estimate of drug-likeness (QED) is 0.666. The summed E-state index contributed by atoms with van der Waals surface area (Å²) in [6.07, 6.45) is 6.47. The van der Waals surface area contributed by atoms with Crippen molar-refractivity contribution in [2.24, 2.45) is 0 Å². The fourth-order valence-corrected chi connectivity index (χ4v) is 3.65. The predicted molar refractivity (Wildman–Crippen MR) is 77.7 cm³/mol. The lowest BCUT2D eigenvalue weighted by atomic mass is 10.0. The van der Waals surface area contributed by atoms with E-state index in [0.29, 0.717) is 22.7 Å². The minimum absolute atomic E-state index is 0.0590. The lowest BCUT2D eigenvalue weighted by Crippen LogP contribution is -2.35. The van der Waals surface area contributed by atoms with Crippen molar-refractivity contribution in [3.05, 3.63) is 34.9 Å². The summed E-state index contributed by atoms with van der Waals surface area (Å²) >= 11 is 5.98. The normalized spacial score (nSPS) is 19.6. The van der Waals surface area contributed by atoms with Crippen molar-refractivity contribution in [2.45, 2.75) is 37.1 Å². The van der Waals surface area contributed by atoms with Gasteiger partial charge in [0.05, 0.1) is 4.90 Å². The zero-order valence-electron chi connectivity index (χ0n) is 10.7. The number of sulfonamides is 1. The molecule has 1 unspecified atom stereocenters. The Labute approximate surface area is 118 Å². The van der Waals surface area contributed by atoms with E-state index in [2.05, 4.69) is 10.8 Å². The molecule has 6 heteroatoms. The van der Waals surface area contributed by atoms with E-state index in [4.69, 9.17) is 17.3 Å². The molecular weight excluding hydrogens is 284 g/mol. The summed E-state index contributed by atoms with van der Waals surface area (Å²) in [5.41, 5.74) is 6.84. The maximum absolute atomic E-state index is 12.3. The molecule has 1 aliphatic carbocycles. The first-order chi connectivity index (χ1) is 8.90. The van der Waals surface area contributed by atoms with Gasteiger partial charge in [-0.05, 0) is 43.9 Å². The Morgan fingerprint density at radius 1 is 1.37 bits per heavy atom. The van der Waals surface area contributed by atoms with Gasteiger partial charge >= 0.3 is 0 Å². The summed E-state index contributed by atoms with van der Waals surface area (Å²) in [5.74, 6) is 0. The van der Waals surface area contributed by atoms with Gasteiger partial charge in [0.25, 0.3) is 0 Å². The van der Waals surface area contributed by atoms with Crippen LogP contribution in [0.15, 0.2) is 29.2 Å².